The van der Waals surface area contributed by atoms with Crippen LogP contribution in [0.4, 0.5) is 8.78 Å². The van der Waals surface area contributed by atoms with Gasteiger partial charge in [-0.25, -0.2) is 47.1 Å². The zero-order chi connectivity index (χ0) is 89.4. The summed E-state index contributed by atoms with van der Waals surface area (Å²) < 4.78 is 104. The minimum Gasteiger partial charge on any atom is -0.467 e. The highest BCUT2D eigenvalue weighted by Gasteiger charge is 2.32. The van der Waals surface area contributed by atoms with Gasteiger partial charge >= 0.3 is 23.4 Å². The van der Waals surface area contributed by atoms with Crippen LogP contribution in [0.25, 0.3) is 27.5 Å². The summed E-state index contributed by atoms with van der Waals surface area (Å²) in [7, 11) is 20.6. The number of aliphatic hydroxyl groups excluding tert-OH is 3. The lowest BCUT2D eigenvalue weighted by molar-refractivity contribution is -0.179. The minimum atomic E-state index is -3.39. The van der Waals surface area contributed by atoms with Crippen LogP contribution in [0.3, 0.4) is 0 Å². The topological polar surface area (TPSA) is 418 Å². The summed E-state index contributed by atoms with van der Waals surface area (Å²) in [5.74, 6) is -1.04. The Kier molecular flexibility index (Phi) is 58.0. The van der Waals surface area contributed by atoms with Gasteiger partial charge in [0.25, 0.3) is 6.57 Å². The molecule has 5 N–H and O–H groups in total. The Labute approximate surface area is 724 Å². The van der Waals surface area contributed by atoms with Crippen molar-refractivity contribution in [1.29, 1.82) is 0 Å². The van der Waals surface area contributed by atoms with E-state index in [1.54, 1.807) is 95.7 Å². The number of hydrogen-bond donors (Lipinski definition) is 4. The highest BCUT2D eigenvalue weighted by molar-refractivity contribution is 15.0. The molecule has 2 aromatic carbocycles. The quantitative estimate of drug-likeness (QED) is 0.00744. The second-order valence-corrected chi connectivity index (χ2v) is 28.8. The first-order chi connectivity index (χ1) is 56.9. The normalized spacial score (nSPS) is 16.8. The molecule has 0 bridgehead atoms. The lowest BCUT2D eigenvalue weighted by atomic mass is 9.92. The van der Waals surface area contributed by atoms with Crippen LogP contribution in [-0.4, -0.2) is 275 Å². The molecule has 1 unspecified atom stereocenters. The molecule has 0 spiro atoms. The Balaban J connectivity index is 0.000000690. The molecular weight excluding hydrogens is 1820 g/mol. The van der Waals surface area contributed by atoms with Crippen LogP contribution in [0.5, 0.6) is 18.0 Å². The van der Waals surface area contributed by atoms with Crippen LogP contribution in [0.2, 0.25) is 0 Å². The number of halogens is 4. The zero-order valence-corrected chi connectivity index (χ0v) is 76.5. The summed E-state index contributed by atoms with van der Waals surface area (Å²) in [5.41, 5.74) is 10.9. The third kappa shape index (κ3) is 44.0. The number of nitrogens with two attached hydrogens (primary N) is 1. The molecule has 1 atom stereocenters. The highest BCUT2D eigenvalue weighted by Crippen LogP contribution is 2.38. The van der Waals surface area contributed by atoms with Crippen molar-refractivity contribution < 1.29 is 99.0 Å². The monoisotopic (exact) mass is 1930 g/mol. The number of ketones is 2. The molecule has 0 saturated heterocycles. The Morgan fingerprint density at radius 2 is 1.08 bits per heavy atom. The third-order valence-corrected chi connectivity index (χ3v) is 18.4. The number of sulfone groups is 1. The van der Waals surface area contributed by atoms with Crippen molar-refractivity contribution in [3.63, 3.8) is 0 Å². The van der Waals surface area contributed by atoms with E-state index >= 15 is 0 Å². The number of aldehydes is 1. The molecule has 0 radical (unpaired) electrons. The van der Waals surface area contributed by atoms with E-state index in [0.29, 0.717) is 41.3 Å². The van der Waals surface area contributed by atoms with Crippen LogP contribution >= 0.6 is 49.0 Å². The van der Waals surface area contributed by atoms with Crippen LogP contribution < -0.4 is 19.9 Å². The molecule has 3 aliphatic rings. The second-order valence-electron chi connectivity index (χ2n) is 25.9. The predicted octanol–water partition coefficient (Wildman–Crippen LogP) is 11.0. The van der Waals surface area contributed by atoms with E-state index in [4.69, 9.17) is 55.3 Å². The number of carbonyl (C=O) groups excluding carboxylic acids is 3. The number of nitrogens with zero attached hydrogens (tertiary/aromatic N) is 14. The van der Waals surface area contributed by atoms with Crippen molar-refractivity contribution in [3.8, 4) is 47.2 Å². The first-order valence-electron chi connectivity index (χ1n) is 36.8. The van der Waals surface area contributed by atoms with Crippen LogP contribution in [0.1, 0.15) is 129 Å². The molecule has 7 aromatic rings. The molecule has 0 amide bonds. The van der Waals surface area contributed by atoms with Gasteiger partial charge in [-0.2, -0.15) is 15.0 Å². The maximum absolute atomic E-state index is 13.4. The van der Waals surface area contributed by atoms with Crippen molar-refractivity contribution in [2.45, 2.75) is 156 Å². The fourth-order valence-electron chi connectivity index (χ4n) is 10.7. The molecule has 3 fully saturated rings. The number of hydrogen-bond acceptors (Lipinski definition) is 33. The first-order valence-corrected chi connectivity index (χ1v) is 46.2. The number of rotatable bonds is 26. The summed E-state index contributed by atoms with van der Waals surface area (Å²) >= 11 is 5.73. The molecule has 34 nitrogen and oxygen atoms in total. The van der Waals surface area contributed by atoms with Crippen LogP contribution in [-0.2, 0) is 57.3 Å². The smallest absolute Gasteiger partial charge is 0.393 e. The van der Waals surface area contributed by atoms with Crippen LogP contribution in [0, 0.1) is 18.2 Å². The van der Waals surface area contributed by atoms with E-state index in [9.17, 15) is 41.8 Å². The maximum atomic E-state index is 13.4. The molecular formula is C79H116F2I2N15O19S2+. The summed E-state index contributed by atoms with van der Waals surface area (Å²) in [4.78, 5) is 80.0. The van der Waals surface area contributed by atoms with E-state index in [2.05, 4.69) is 111 Å². The molecule has 3 saturated carbocycles. The summed E-state index contributed by atoms with van der Waals surface area (Å²) in [6, 6.07) is 19.9. The predicted molar refractivity (Wildman–Crippen MR) is 466 cm³/mol. The number of imidazole rings is 1. The van der Waals surface area contributed by atoms with Crippen molar-refractivity contribution in [1.82, 2.24) is 59.2 Å². The number of aliphatic hydroxyl groups is 3. The standard InChI is InChI=1S/C20H21FN4O2.C12H17N3O2.C9H9FNO2S.C8H12N2O2S.C8H15NO3.C6H6N2O2.C6H13NO.C5H13NO2.C5H10O3.I2/c1-27-20-22-11-10-17(24-20)19-18(13-2-4-14(21)5-3-13)23-12-25(19)15-6-8-16(26)9-7-15;1-17-12-13-7-6-10(15-12)8-14-9-2-4-11(16)5-3-9;1-11-9(14(2,12)13)7-3-5-8(10)6-4-7;1-11-7(12-2)6-4-5-9-8(10-6)13-3;1-9(2)6-5-7(10)8(11-3)12-4;1-10-6-7-3-2-5(4-9)8-6;7-5-1-3-6(8)4-2-5;1-6(2)5(7-3)8-4;1-4(6)5(7-2)8-3;1-2/h2-5,10-12,15-16,26H,6-9H2,1H3;6-9,11,16H,2-5H2,1H3;1,3-6,9H,2H3;4-5,7H,1-3H3;5-6,8H,1-4H3;2-4H,1H3;5-6,8H,1-4,7H2;5H,1-4H3;5H,1-3H3;/q;;+1;;;;;;;/b;;;;6-5+;;;;;. The van der Waals surface area contributed by atoms with Gasteiger partial charge in [0, 0.05) is 175 Å². The zero-order valence-electron chi connectivity index (χ0n) is 70.6. The fraction of sp³-hybridized carbons (Fsp3) is 0.519. The highest BCUT2D eigenvalue weighted by atomic mass is 128. The first kappa shape index (κ1) is 109. The molecule has 40 heteroatoms. The van der Waals surface area contributed by atoms with E-state index in [1.807, 2.05) is 51.7 Å². The van der Waals surface area contributed by atoms with E-state index < -0.39 is 39.9 Å². The van der Waals surface area contributed by atoms with Crippen molar-refractivity contribution in [2.24, 2.45) is 10.7 Å². The number of aromatic nitrogens is 10. The third-order valence-electron chi connectivity index (χ3n) is 16.6. The molecule has 10 rings (SSSR count). The van der Waals surface area contributed by atoms with Gasteiger partial charge in [0.15, 0.2) is 17.2 Å². The molecule has 5 aromatic heterocycles. The Morgan fingerprint density at radius 3 is 1.50 bits per heavy atom. The molecule has 3 aliphatic carbocycles. The fourth-order valence-corrected chi connectivity index (χ4v) is 12.0. The molecule has 5 heterocycles. The number of Topliss-reactive ketones (excluding diaryl/α,β-unsaturated/α-hetero) is 1. The van der Waals surface area contributed by atoms with E-state index in [1.165, 1.54) is 116 Å². The number of methoxy groups -OCH3 is 11. The number of carbonyl (C=O) groups is 3. The van der Waals surface area contributed by atoms with Crippen molar-refractivity contribution in [3.05, 3.63) is 155 Å². The number of thioether (sulfide) groups is 1. The largest absolute Gasteiger partial charge is 0.467 e. The lowest BCUT2D eigenvalue weighted by Crippen LogP contribution is -2.30. The molecule has 660 valence electrons. The van der Waals surface area contributed by atoms with Gasteiger partial charge in [-0.15, -0.1) is 0 Å². The SMILES string of the molecule is C#[N+]C(c1ccc(F)cc1)S(C)(=O)=O.COC(OC)C(=O)/C=C/N(C)C.COC(OC)C(C)=O.COC(OC)N(C)C.COC(OC)c1ccnc(SC)n1.COc1nccc(-c2c(-c3ccc(F)cc3)ncn2C2CCC(O)CC2)n1.COc1nccc(C=NC2CCC(O)CC2)n1.COc1nccc(C=O)n1.II.NC1CCC(O)CC1. The van der Waals surface area contributed by atoms with Gasteiger partial charge < -0.3 is 82.6 Å². The van der Waals surface area contributed by atoms with Gasteiger partial charge in [0.05, 0.1) is 80.3 Å². The van der Waals surface area contributed by atoms with Gasteiger partial charge in [-0.3, -0.25) is 24.3 Å². The number of ether oxygens (including phenoxy) is 11. The van der Waals surface area contributed by atoms with Crippen molar-refractivity contribution in [2.75, 3.05) is 119 Å². The van der Waals surface area contributed by atoms with Crippen molar-refractivity contribution >= 4 is 82.9 Å². The number of aliphatic imine (C=N–C) groups is 1. The lowest BCUT2D eigenvalue weighted by Gasteiger charge is -2.27. The minimum absolute atomic E-state index is 0.0604. The number of benzene rings is 2. The Bertz CT molecular complexity index is 4130. The second kappa shape index (κ2) is 63.2. The average molecular weight is 1940 g/mol. The molecule has 0 aliphatic heterocycles. The molecule has 119 heavy (non-hydrogen) atoms. The Hall–Kier alpha value is -7.82. The van der Waals surface area contributed by atoms with Gasteiger partial charge in [-0.05, 0) is 177 Å². The Morgan fingerprint density at radius 1 is 0.622 bits per heavy atom. The van der Waals surface area contributed by atoms with Crippen LogP contribution in [0.15, 0.2) is 126 Å². The van der Waals surface area contributed by atoms with Gasteiger partial charge in [0.1, 0.15) is 23.0 Å². The maximum Gasteiger partial charge on any atom is 0.393 e. The van der Waals surface area contributed by atoms with E-state index in [0.717, 1.165) is 117 Å². The average Bonchev–Trinajstić information content (AvgIpc) is 1.54. The van der Waals surface area contributed by atoms with Gasteiger partial charge in [-0.1, -0.05) is 16.6 Å². The summed E-state index contributed by atoms with van der Waals surface area (Å²) in [6.45, 7) is 6.40. The van der Waals surface area contributed by atoms with Gasteiger partial charge in [0.2, 0.25) is 40.9 Å². The van der Waals surface area contributed by atoms with E-state index in [-0.39, 0.29) is 60.2 Å². The summed E-state index contributed by atoms with van der Waals surface area (Å²) in [6.07, 6.45) is 24.8. The summed E-state index contributed by atoms with van der Waals surface area (Å²) in [5, 5.41) is 27.8.